The molecule has 6 heteroatoms. The highest BCUT2D eigenvalue weighted by Gasteiger charge is 2.19. The summed E-state index contributed by atoms with van der Waals surface area (Å²) in [7, 11) is 0. The maximum absolute atomic E-state index is 10.6. The molecule has 2 aromatic rings. The molecule has 0 aliphatic heterocycles. The van der Waals surface area contributed by atoms with E-state index in [1.165, 1.54) is 0 Å². The lowest BCUT2D eigenvalue weighted by Crippen LogP contribution is -2.39. The average Bonchev–Trinajstić information content (AvgIpc) is 2.68. The molecule has 2 aromatic carbocycles. The Morgan fingerprint density at radius 3 is 1.97 bits per heavy atom. The van der Waals surface area contributed by atoms with Crippen LogP contribution in [0.15, 0.2) is 36.4 Å². The Labute approximate surface area is 192 Å². The summed E-state index contributed by atoms with van der Waals surface area (Å²) >= 11 is 0. The minimum absolute atomic E-state index is 0.0835. The standard InChI is InChI=1S/C26H40N2O4/c1-17-12-19(9-10-21(17)29)24(15-28-26(5,6)7)32-16-20-13-18(8-11-22(20)30)23(31)14-27-25(2,3)4/h8-13,23-24,27-31H,14-16H2,1-7H3/t23-,24?/m1/s1. The second-order valence-electron chi connectivity index (χ2n) is 10.5. The maximum atomic E-state index is 10.6. The minimum atomic E-state index is -0.688. The van der Waals surface area contributed by atoms with Crippen molar-refractivity contribution in [2.45, 2.75) is 78.4 Å². The van der Waals surface area contributed by atoms with Crippen LogP contribution in [0.5, 0.6) is 11.5 Å². The fourth-order valence-electron chi connectivity index (χ4n) is 3.19. The molecule has 0 saturated heterocycles. The van der Waals surface area contributed by atoms with Crippen molar-refractivity contribution in [1.82, 2.24) is 10.6 Å². The van der Waals surface area contributed by atoms with Crippen molar-refractivity contribution in [3.05, 3.63) is 58.7 Å². The number of benzene rings is 2. The van der Waals surface area contributed by atoms with Crippen LogP contribution >= 0.6 is 0 Å². The lowest BCUT2D eigenvalue weighted by Gasteiger charge is -2.26. The van der Waals surface area contributed by atoms with Gasteiger partial charge in [0.15, 0.2) is 0 Å². The molecular formula is C26H40N2O4. The molecule has 0 amide bonds. The van der Waals surface area contributed by atoms with Gasteiger partial charge in [-0.3, -0.25) is 0 Å². The summed E-state index contributed by atoms with van der Waals surface area (Å²) in [6, 6.07) is 10.6. The predicted octanol–water partition coefficient (Wildman–Crippen LogP) is 4.47. The van der Waals surface area contributed by atoms with Crippen molar-refractivity contribution in [3.63, 3.8) is 0 Å². The fraction of sp³-hybridized carbons (Fsp3) is 0.538. The first-order chi connectivity index (χ1) is 14.7. The Balaban J connectivity index is 2.17. The van der Waals surface area contributed by atoms with Gasteiger partial charge in [0.05, 0.1) is 18.8 Å². The molecule has 5 N–H and O–H groups in total. The van der Waals surface area contributed by atoms with Gasteiger partial charge in [-0.1, -0.05) is 12.1 Å². The second-order valence-corrected chi connectivity index (χ2v) is 10.5. The third-order valence-corrected chi connectivity index (χ3v) is 5.16. The van der Waals surface area contributed by atoms with Gasteiger partial charge in [-0.05, 0) is 89.4 Å². The van der Waals surface area contributed by atoms with E-state index in [9.17, 15) is 15.3 Å². The molecule has 0 bridgehead atoms. The Morgan fingerprint density at radius 2 is 1.38 bits per heavy atom. The number of aliphatic hydroxyl groups is 1. The van der Waals surface area contributed by atoms with Crippen LogP contribution in [0.25, 0.3) is 0 Å². The van der Waals surface area contributed by atoms with E-state index in [1.54, 1.807) is 24.3 Å². The highest BCUT2D eigenvalue weighted by Crippen LogP contribution is 2.28. The molecule has 0 aliphatic carbocycles. The Morgan fingerprint density at radius 1 is 0.812 bits per heavy atom. The average molecular weight is 445 g/mol. The SMILES string of the molecule is Cc1cc(C(CNC(C)(C)C)OCc2cc([C@H](O)CNC(C)(C)C)ccc2O)ccc1O. The number of aliphatic hydroxyl groups excluding tert-OH is 1. The minimum Gasteiger partial charge on any atom is -0.508 e. The number of hydrogen-bond donors (Lipinski definition) is 5. The van der Waals surface area contributed by atoms with Gasteiger partial charge in [-0.15, -0.1) is 0 Å². The molecule has 0 saturated carbocycles. The van der Waals surface area contributed by atoms with Crippen molar-refractivity contribution >= 4 is 0 Å². The number of rotatable bonds is 9. The zero-order valence-electron chi connectivity index (χ0n) is 20.5. The van der Waals surface area contributed by atoms with Gasteiger partial charge in [0.1, 0.15) is 11.5 Å². The molecule has 32 heavy (non-hydrogen) atoms. The van der Waals surface area contributed by atoms with E-state index in [-0.39, 0.29) is 35.3 Å². The number of phenols is 2. The van der Waals surface area contributed by atoms with Gasteiger partial charge in [-0.2, -0.15) is 0 Å². The van der Waals surface area contributed by atoms with Crippen LogP contribution in [0.4, 0.5) is 0 Å². The summed E-state index contributed by atoms with van der Waals surface area (Å²) in [6.45, 7) is 15.5. The van der Waals surface area contributed by atoms with Crippen LogP contribution in [0.3, 0.4) is 0 Å². The number of nitrogens with one attached hydrogen (secondary N) is 2. The second kappa shape index (κ2) is 10.7. The lowest BCUT2D eigenvalue weighted by atomic mass is 10.0. The normalized spacial score (nSPS) is 14.4. The summed E-state index contributed by atoms with van der Waals surface area (Å²) in [4.78, 5) is 0. The van der Waals surface area contributed by atoms with Crippen LogP contribution < -0.4 is 10.6 Å². The van der Waals surface area contributed by atoms with Crippen molar-refractivity contribution in [2.24, 2.45) is 0 Å². The van der Waals surface area contributed by atoms with Gasteiger partial charge in [0.2, 0.25) is 0 Å². The molecule has 6 nitrogen and oxygen atoms in total. The van der Waals surface area contributed by atoms with Gasteiger partial charge in [0.25, 0.3) is 0 Å². The summed E-state index contributed by atoms with van der Waals surface area (Å²) < 4.78 is 6.23. The summed E-state index contributed by atoms with van der Waals surface area (Å²) in [5.41, 5.74) is 2.89. The molecule has 0 fully saturated rings. The molecular weight excluding hydrogens is 404 g/mol. The monoisotopic (exact) mass is 444 g/mol. The van der Waals surface area contributed by atoms with Crippen molar-refractivity contribution in [1.29, 1.82) is 0 Å². The topological polar surface area (TPSA) is 94.0 Å². The van der Waals surface area contributed by atoms with Gasteiger partial charge < -0.3 is 30.7 Å². The zero-order chi connectivity index (χ0) is 24.1. The summed E-state index contributed by atoms with van der Waals surface area (Å²) in [6.07, 6.45) is -0.962. The maximum Gasteiger partial charge on any atom is 0.121 e. The Bertz CT molecular complexity index is 884. The molecule has 1 unspecified atom stereocenters. The molecule has 0 aliphatic rings. The van der Waals surface area contributed by atoms with Crippen molar-refractivity contribution in [3.8, 4) is 11.5 Å². The van der Waals surface area contributed by atoms with E-state index < -0.39 is 6.10 Å². The Kier molecular flexibility index (Phi) is 8.71. The molecule has 0 spiro atoms. The first-order valence-electron chi connectivity index (χ1n) is 11.2. The number of ether oxygens (including phenoxy) is 1. The zero-order valence-corrected chi connectivity index (χ0v) is 20.5. The Hall–Kier alpha value is -2.12. The van der Waals surface area contributed by atoms with Crippen LogP contribution in [-0.2, 0) is 11.3 Å². The molecule has 0 heterocycles. The van der Waals surface area contributed by atoms with E-state index in [0.717, 1.165) is 16.7 Å². The summed E-state index contributed by atoms with van der Waals surface area (Å²) in [5, 5.41) is 37.6. The number of β-amino-alcohol motifs (C(OH)–C–C–N with tert-alkyl or cyclic N) is 1. The molecule has 0 radical (unpaired) electrons. The van der Waals surface area contributed by atoms with Crippen LogP contribution in [0.1, 0.15) is 76.0 Å². The van der Waals surface area contributed by atoms with E-state index >= 15 is 0 Å². The van der Waals surface area contributed by atoms with Crippen molar-refractivity contribution in [2.75, 3.05) is 13.1 Å². The molecule has 2 atom stereocenters. The van der Waals surface area contributed by atoms with Crippen LogP contribution in [0, 0.1) is 6.92 Å². The molecule has 0 aromatic heterocycles. The number of aromatic hydroxyl groups is 2. The number of hydrogen-bond acceptors (Lipinski definition) is 6. The lowest BCUT2D eigenvalue weighted by molar-refractivity contribution is 0.0347. The first-order valence-corrected chi connectivity index (χ1v) is 11.2. The van der Waals surface area contributed by atoms with Gasteiger partial charge >= 0.3 is 0 Å². The van der Waals surface area contributed by atoms with Crippen LogP contribution in [-0.4, -0.2) is 39.5 Å². The molecule has 2 rings (SSSR count). The van der Waals surface area contributed by atoms with E-state index in [1.807, 2.05) is 39.8 Å². The van der Waals surface area contributed by atoms with Crippen molar-refractivity contribution < 1.29 is 20.1 Å². The number of aryl methyl sites for hydroxylation is 1. The summed E-state index contributed by atoms with van der Waals surface area (Å²) in [5.74, 6) is 0.383. The highest BCUT2D eigenvalue weighted by molar-refractivity contribution is 5.38. The van der Waals surface area contributed by atoms with Gasteiger partial charge in [-0.25, -0.2) is 0 Å². The van der Waals surface area contributed by atoms with Gasteiger partial charge in [0, 0.05) is 29.7 Å². The first kappa shape index (κ1) is 26.1. The fourth-order valence-corrected chi connectivity index (χ4v) is 3.19. The quantitative estimate of drug-likeness (QED) is 0.392. The van der Waals surface area contributed by atoms with Crippen LogP contribution in [0.2, 0.25) is 0 Å². The predicted molar refractivity (Wildman–Crippen MR) is 129 cm³/mol. The third-order valence-electron chi connectivity index (χ3n) is 5.16. The third kappa shape index (κ3) is 8.43. The smallest absolute Gasteiger partial charge is 0.121 e. The largest absolute Gasteiger partial charge is 0.508 e. The van der Waals surface area contributed by atoms with E-state index in [4.69, 9.17) is 4.74 Å². The van der Waals surface area contributed by atoms with E-state index in [2.05, 4.69) is 31.4 Å². The highest BCUT2D eigenvalue weighted by atomic mass is 16.5. The molecule has 178 valence electrons. The van der Waals surface area contributed by atoms with E-state index in [0.29, 0.717) is 18.7 Å². The number of phenolic OH excluding ortho intramolecular Hbond substituents is 2.